The summed E-state index contributed by atoms with van der Waals surface area (Å²) in [7, 11) is 2.78. The maximum absolute atomic E-state index is 12.7. The summed E-state index contributed by atoms with van der Waals surface area (Å²) in [5, 5.41) is 30.7. The Bertz CT molecular complexity index is 1170. The van der Waals surface area contributed by atoms with Crippen LogP contribution in [-0.2, 0) is 4.79 Å². The molecular formula is C20H17N3O7S. The number of aromatic hydroxyl groups is 1. The Morgan fingerprint density at radius 1 is 1.35 bits per heavy atom. The van der Waals surface area contributed by atoms with Gasteiger partial charge in [0.05, 0.1) is 28.2 Å². The summed E-state index contributed by atoms with van der Waals surface area (Å²) in [4.78, 5) is 40.4. The minimum absolute atomic E-state index is 0.0974. The molecule has 0 unspecified atom stereocenters. The average molecular weight is 443 g/mol. The van der Waals surface area contributed by atoms with E-state index in [1.165, 1.54) is 37.3 Å². The number of nitro groups is 1. The van der Waals surface area contributed by atoms with E-state index >= 15 is 0 Å². The minimum Gasteiger partial charge on any atom is -0.500 e. The van der Waals surface area contributed by atoms with E-state index in [2.05, 4.69) is 4.99 Å². The number of amidine groups is 1. The van der Waals surface area contributed by atoms with Crippen molar-refractivity contribution in [2.24, 2.45) is 4.99 Å². The molecule has 160 valence electrons. The second-order valence-electron chi connectivity index (χ2n) is 6.47. The molecule has 1 fully saturated rings. The van der Waals surface area contributed by atoms with E-state index in [1.807, 2.05) is 0 Å². The molecule has 1 saturated heterocycles. The number of carboxylic acids is 1. The first-order chi connectivity index (χ1) is 14.6. The Hall–Kier alpha value is -3.86. The van der Waals surface area contributed by atoms with Crippen LogP contribution in [0.3, 0.4) is 0 Å². The Kier molecular flexibility index (Phi) is 5.97. The summed E-state index contributed by atoms with van der Waals surface area (Å²) in [6, 6.07) is 7.18. The monoisotopic (exact) mass is 443 g/mol. The van der Waals surface area contributed by atoms with Gasteiger partial charge in [0, 0.05) is 13.1 Å². The van der Waals surface area contributed by atoms with Gasteiger partial charge in [-0.1, -0.05) is 6.07 Å². The molecule has 0 spiro atoms. The van der Waals surface area contributed by atoms with Gasteiger partial charge in [0.25, 0.3) is 5.91 Å². The lowest BCUT2D eigenvalue weighted by Crippen LogP contribution is -2.23. The van der Waals surface area contributed by atoms with Crippen LogP contribution in [0.15, 0.2) is 40.2 Å². The van der Waals surface area contributed by atoms with E-state index in [9.17, 15) is 29.9 Å². The van der Waals surface area contributed by atoms with Gasteiger partial charge in [0.1, 0.15) is 0 Å². The standard InChI is InChI=1S/C20H17N3O7S/c1-10-12(19(26)27)5-4-6-13(10)21-20-22(2)18(25)16(31-20)9-11-7-14(23(28)29)17(24)15(8-11)30-3/h4-9,24H,1-3H3,(H,26,27)/b16-9-,21-20?. The molecule has 0 atom stereocenters. The lowest BCUT2D eigenvalue weighted by molar-refractivity contribution is -0.386. The molecule has 31 heavy (non-hydrogen) atoms. The number of ether oxygens (including phenoxy) is 1. The van der Waals surface area contributed by atoms with E-state index in [4.69, 9.17) is 4.74 Å². The van der Waals surface area contributed by atoms with Gasteiger partial charge in [-0.2, -0.15) is 0 Å². The zero-order chi connectivity index (χ0) is 22.9. The normalized spacial score (nSPS) is 16.2. The van der Waals surface area contributed by atoms with Crippen molar-refractivity contribution in [3.8, 4) is 11.5 Å². The van der Waals surface area contributed by atoms with Crippen molar-refractivity contribution in [3.63, 3.8) is 0 Å². The first-order valence-corrected chi connectivity index (χ1v) is 9.60. The van der Waals surface area contributed by atoms with Gasteiger partial charge in [0.15, 0.2) is 10.9 Å². The minimum atomic E-state index is -1.08. The van der Waals surface area contributed by atoms with E-state index < -0.39 is 22.3 Å². The summed E-state index contributed by atoms with van der Waals surface area (Å²) in [5.74, 6) is -2.16. The smallest absolute Gasteiger partial charge is 0.336 e. The Morgan fingerprint density at radius 2 is 2.06 bits per heavy atom. The molecule has 0 bridgehead atoms. The fraction of sp³-hybridized carbons (Fsp3) is 0.150. The fourth-order valence-electron chi connectivity index (χ4n) is 2.87. The lowest BCUT2D eigenvalue weighted by Gasteiger charge is -2.09. The number of likely N-dealkylation sites (N-methyl/N-ethyl adjacent to an activating group) is 1. The van der Waals surface area contributed by atoms with E-state index in [0.717, 1.165) is 17.8 Å². The highest BCUT2D eigenvalue weighted by molar-refractivity contribution is 8.18. The number of carboxylic acid groups (broad SMARTS) is 1. The molecule has 2 aromatic carbocycles. The fourth-order valence-corrected chi connectivity index (χ4v) is 3.85. The number of aromatic carboxylic acids is 1. The number of nitro benzene ring substituents is 1. The topological polar surface area (TPSA) is 143 Å². The van der Waals surface area contributed by atoms with Crippen molar-refractivity contribution in [1.82, 2.24) is 4.90 Å². The summed E-state index contributed by atoms with van der Waals surface area (Å²) >= 11 is 1.04. The predicted octanol–water partition coefficient (Wildman–Crippen LogP) is 3.55. The van der Waals surface area contributed by atoms with Crippen molar-refractivity contribution in [1.29, 1.82) is 0 Å². The third-order valence-electron chi connectivity index (χ3n) is 4.55. The number of phenolic OH excluding ortho intramolecular Hbond substituents is 1. The van der Waals surface area contributed by atoms with Gasteiger partial charge in [0.2, 0.25) is 5.75 Å². The van der Waals surface area contributed by atoms with Gasteiger partial charge in [-0.15, -0.1) is 0 Å². The van der Waals surface area contributed by atoms with Gasteiger partial charge in [-0.25, -0.2) is 9.79 Å². The molecule has 2 N–H and O–H groups in total. The number of methoxy groups -OCH3 is 1. The van der Waals surface area contributed by atoms with Gasteiger partial charge < -0.3 is 14.9 Å². The number of hydrogen-bond acceptors (Lipinski definition) is 8. The van der Waals surface area contributed by atoms with Crippen LogP contribution < -0.4 is 4.74 Å². The van der Waals surface area contributed by atoms with Crippen molar-refractivity contribution >= 4 is 46.3 Å². The summed E-state index contributed by atoms with van der Waals surface area (Å²) in [6.45, 7) is 1.63. The second kappa shape index (κ2) is 8.48. The van der Waals surface area contributed by atoms with Gasteiger partial charge in [-0.05, 0) is 54.1 Å². The predicted molar refractivity (Wildman–Crippen MR) is 115 cm³/mol. The number of carbonyl (C=O) groups is 2. The number of carbonyl (C=O) groups excluding carboxylic acids is 1. The molecule has 3 rings (SSSR count). The molecule has 0 radical (unpaired) electrons. The molecule has 10 nitrogen and oxygen atoms in total. The van der Waals surface area contributed by atoms with Gasteiger partial charge in [-0.3, -0.25) is 19.8 Å². The molecule has 1 heterocycles. The summed E-state index contributed by atoms with van der Waals surface area (Å²) in [5.41, 5.74) is 0.713. The highest BCUT2D eigenvalue weighted by Gasteiger charge is 2.31. The molecular weight excluding hydrogens is 426 g/mol. The Labute approximate surface area is 180 Å². The molecule has 1 aliphatic rings. The molecule has 1 amide bonds. The van der Waals surface area contributed by atoms with E-state index in [-0.39, 0.29) is 27.7 Å². The second-order valence-corrected chi connectivity index (χ2v) is 7.48. The number of rotatable bonds is 5. The third-order valence-corrected chi connectivity index (χ3v) is 5.61. The molecule has 11 heteroatoms. The number of hydrogen-bond donors (Lipinski definition) is 2. The van der Waals surface area contributed by atoms with Crippen LogP contribution in [0.25, 0.3) is 6.08 Å². The molecule has 1 aliphatic heterocycles. The van der Waals surface area contributed by atoms with Crippen LogP contribution in [0.4, 0.5) is 11.4 Å². The van der Waals surface area contributed by atoms with Crippen LogP contribution in [-0.4, -0.2) is 51.2 Å². The first-order valence-electron chi connectivity index (χ1n) is 8.78. The molecule has 0 aromatic heterocycles. The lowest BCUT2D eigenvalue weighted by atomic mass is 10.1. The van der Waals surface area contributed by atoms with Crippen LogP contribution in [0.1, 0.15) is 21.5 Å². The average Bonchev–Trinajstić information content (AvgIpc) is 2.98. The van der Waals surface area contributed by atoms with Gasteiger partial charge >= 0.3 is 11.7 Å². The third kappa shape index (κ3) is 4.21. The SMILES string of the molecule is COc1cc(/C=C2\SC(=Nc3cccc(C(=O)O)c3C)N(C)C2=O)cc([N+](=O)[O-])c1O. The highest BCUT2D eigenvalue weighted by Crippen LogP contribution is 2.39. The quantitative estimate of drug-likeness (QED) is 0.406. The van der Waals surface area contributed by atoms with Crippen molar-refractivity contribution in [3.05, 3.63) is 62.0 Å². The van der Waals surface area contributed by atoms with Crippen LogP contribution in [0.5, 0.6) is 11.5 Å². The number of phenols is 1. The van der Waals surface area contributed by atoms with Crippen molar-refractivity contribution < 1.29 is 29.5 Å². The number of benzene rings is 2. The van der Waals surface area contributed by atoms with Crippen LogP contribution in [0.2, 0.25) is 0 Å². The highest BCUT2D eigenvalue weighted by atomic mass is 32.2. The number of nitrogens with zero attached hydrogens (tertiary/aromatic N) is 3. The first kappa shape index (κ1) is 21.8. The van der Waals surface area contributed by atoms with Crippen LogP contribution in [0, 0.1) is 17.0 Å². The molecule has 0 saturated carbocycles. The maximum atomic E-state index is 12.7. The zero-order valence-electron chi connectivity index (χ0n) is 16.6. The van der Waals surface area contributed by atoms with Crippen molar-refractivity contribution in [2.75, 3.05) is 14.2 Å². The largest absolute Gasteiger partial charge is 0.500 e. The maximum Gasteiger partial charge on any atom is 0.336 e. The molecule has 0 aliphatic carbocycles. The Balaban J connectivity index is 2.01. The number of aliphatic imine (C=N–C) groups is 1. The van der Waals surface area contributed by atoms with E-state index in [1.54, 1.807) is 19.1 Å². The van der Waals surface area contributed by atoms with Crippen molar-refractivity contribution in [2.45, 2.75) is 6.92 Å². The van der Waals surface area contributed by atoms with E-state index in [0.29, 0.717) is 16.4 Å². The summed E-state index contributed by atoms with van der Waals surface area (Å²) < 4.78 is 4.98. The molecule has 2 aromatic rings. The Morgan fingerprint density at radius 3 is 2.68 bits per heavy atom. The summed E-state index contributed by atoms with van der Waals surface area (Å²) in [6.07, 6.45) is 1.43. The number of thioether (sulfide) groups is 1. The zero-order valence-corrected chi connectivity index (χ0v) is 17.5. The van der Waals surface area contributed by atoms with Crippen LogP contribution >= 0.6 is 11.8 Å². The number of amides is 1.